The van der Waals surface area contributed by atoms with Crippen molar-refractivity contribution >= 4 is 6.21 Å². The average molecular weight is 217 g/mol. The summed E-state index contributed by atoms with van der Waals surface area (Å²) in [7, 11) is 1.64. The maximum Gasteiger partial charge on any atom is 0.119 e. The molecule has 0 radical (unpaired) electrons. The van der Waals surface area contributed by atoms with E-state index in [0.29, 0.717) is 13.0 Å². The van der Waals surface area contributed by atoms with Gasteiger partial charge in [0.1, 0.15) is 5.75 Å². The summed E-state index contributed by atoms with van der Waals surface area (Å²) in [6, 6.07) is 7.84. The number of nitriles is 1. The Balaban J connectivity index is 2.57. The number of benzene rings is 1. The molecule has 0 amide bonds. The van der Waals surface area contributed by atoms with E-state index in [2.05, 4.69) is 10.5 Å². The molecule has 0 aliphatic heterocycles. The van der Waals surface area contributed by atoms with Gasteiger partial charge in [-0.25, -0.2) is 0 Å². The third kappa shape index (κ3) is 3.62. The van der Waals surface area contributed by atoms with Crippen LogP contribution in [0.1, 0.15) is 17.5 Å². The molecule has 1 aromatic carbocycles. The number of nitrogens with one attached hydrogen (secondary N) is 1. The van der Waals surface area contributed by atoms with Crippen LogP contribution in [0.4, 0.5) is 0 Å². The molecule has 0 aromatic heterocycles. The van der Waals surface area contributed by atoms with E-state index in [1.807, 2.05) is 31.2 Å². The molecule has 4 heteroatoms. The van der Waals surface area contributed by atoms with Crippen molar-refractivity contribution in [2.75, 3.05) is 13.7 Å². The number of hydrogen-bond acceptors (Lipinski definition) is 4. The highest BCUT2D eigenvalue weighted by Crippen LogP contribution is 2.15. The van der Waals surface area contributed by atoms with Crippen molar-refractivity contribution in [1.82, 2.24) is 5.43 Å². The smallest absolute Gasteiger partial charge is 0.119 e. The van der Waals surface area contributed by atoms with E-state index in [0.717, 1.165) is 16.9 Å². The molecule has 16 heavy (non-hydrogen) atoms. The zero-order valence-corrected chi connectivity index (χ0v) is 9.53. The summed E-state index contributed by atoms with van der Waals surface area (Å²) in [5, 5.41) is 12.4. The summed E-state index contributed by atoms with van der Waals surface area (Å²) in [4.78, 5) is 0. The second-order valence-corrected chi connectivity index (χ2v) is 3.30. The fourth-order valence-corrected chi connectivity index (χ4v) is 1.21. The monoisotopic (exact) mass is 217 g/mol. The number of methoxy groups -OCH3 is 1. The van der Waals surface area contributed by atoms with Gasteiger partial charge in [-0.05, 0) is 36.2 Å². The van der Waals surface area contributed by atoms with Gasteiger partial charge in [-0.2, -0.15) is 10.4 Å². The van der Waals surface area contributed by atoms with Crippen molar-refractivity contribution in [2.24, 2.45) is 5.10 Å². The fraction of sp³-hybridized carbons (Fsp3) is 0.333. The predicted molar refractivity (Wildman–Crippen MR) is 63.6 cm³/mol. The van der Waals surface area contributed by atoms with Crippen molar-refractivity contribution in [3.8, 4) is 11.8 Å². The van der Waals surface area contributed by atoms with Gasteiger partial charge in [0.15, 0.2) is 0 Å². The molecule has 0 bridgehead atoms. The average Bonchev–Trinajstić information content (AvgIpc) is 2.30. The first-order chi connectivity index (χ1) is 7.77. The number of hydrogen-bond donors (Lipinski definition) is 1. The van der Waals surface area contributed by atoms with E-state index >= 15 is 0 Å². The molecule has 0 saturated carbocycles. The van der Waals surface area contributed by atoms with Gasteiger partial charge in [-0.1, -0.05) is 0 Å². The van der Waals surface area contributed by atoms with Gasteiger partial charge < -0.3 is 10.2 Å². The quantitative estimate of drug-likeness (QED) is 0.465. The first kappa shape index (κ1) is 12.1. The fourth-order valence-electron chi connectivity index (χ4n) is 1.21. The molecule has 1 N–H and O–H groups in total. The number of aryl methyl sites for hydroxylation is 1. The maximum atomic E-state index is 8.33. The Morgan fingerprint density at radius 3 is 3.00 bits per heavy atom. The van der Waals surface area contributed by atoms with E-state index in [9.17, 15) is 0 Å². The Morgan fingerprint density at radius 2 is 2.38 bits per heavy atom. The summed E-state index contributed by atoms with van der Waals surface area (Å²) in [6.45, 7) is 2.57. The van der Waals surface area contributed by atoms with E-state index in [1.165, 1.54) is 0 Å². The summed E-state index contributed by atoms with van der Waals surface area (Å²) >= 11 is 0. The molecular weight excluding hydrogens is 202 g/mol. The lowest BCUT2D eigenvalue weighted by Crippen LogP contribution is -2.07. The molecule has 0 saturated heterocycles. The van der Waals surface area contributed by atoms with E-state index in [-0.39, 0.29) is 0 Å². The van der Waals surface area contributed by atoms with Gasteiger partial charge in [-0.15, -0.1) is 0 Å². The Bertz CT molecular complexity index is 407. The van der Waals surface area contributed by atoms with Crippen molar-refractivity contribution in [2.45, 2.75) is 13.3 Å². The molecule has 0 heterocycles. The first-order valence-electron chi connectivity index (χ1n) is 5.05. The lowest BCUT2D eigenvalue weighted by atomic mass is 10.1. The van der Waals surface area contributed by atoms with Crippen LogP contribution in [0.3, 0.4) is 0 Å². The minimum Gasteiger partial charge on any atom is -0.497 e. The summed E-state index contributed by atoms with van der Waals surface area (Å²) < 4.78 is 5.11. The minimum atomic E-state index is 0.457. The summed E-state index contributed by atoms with van der Waals surface area (Å²) in [5.74, 6) is 0.840. The summed E-state index contributed by atoms with van der Waals surface area (Å²) in [6.07, 6.45) is 2.20. The molecule has 0 aliphatic rings. The van der Waals surface area contributed by atoms with Crippen LogP contribution in [0, 0.1) is 18.3 Å². The Morgan fingerprint density at radius 1 is 1.56 bits per heavy atom. The molecule has 84 valence electrons. The number of nitrogens with zero attached hydrogens (tertiary/aromatic N) is 2. The number of rotatable bonds is 5. The van der Waals surface area contributed by atoms with E-state index in [1.54, 1.807) is 13.3 Å². The van der Waals surface area contributed by atoms with Crippen LogP contribution in [-0.2, 0) is 0 Å². The number of ether oxygens (including phenoxy) is 1. The number of hydrazone groups is 1. The molecule has 0 spiro atoms. The zero-order valence-electron chi connectivity index (χ0n) is 9.53. The SMILES string of the molecule is COc1ccc(/C=N\NCCC#N)c(C)c1. The lowest BCUT2D eigenvalue weighted by Gasteiger charge is -2.03. The van der Waals surface area contributed by atoms with Crippen LogP contribution in [0.25, 0.3) is 0 Å². The van der Waals surface area contributed by atoms with Gasteiger partial charge in [0.05, 0.1) is 25.8 Å². The van der Waals surface area contributed by atoms with Gasteiger partial charge in [0.25, 0.3) is 0 Å². The first-order valence-corrected chi connectivity index (χ1v) is 5.05. The van der Waals surface area contributed by atoms with E-state index in [4.69, 9.17) is 10.00 Å². The highest BCUT2D eigenvalue weighted by atomic mass is 16.5. The third-order valence-corrected chi connectivity index (χ3v) is 2.12. The lowest BCUT2D eigenvalue weighted by molar-refractivity contribution is 0.414. The van der Waals surface area contributed by atoms with Gasteiger partial charge in [0.2, 0.25) is 0 Å². The van der Waals surface area contributed by atoms with Crippen molar-refractivity contribution in [1.29, 1.82) is 5.26 Å². The molecule has 4 nitrogen and oxygen atoms in total. The molecule has 1 rings (SSSR count). The van der Waals surface area contributed by atoms with Crippen LogP contribution in [0.15, 0.2) is 23.3 Å². The summed E-state index contributed by atoms with van der Waals surface area (Å²) in [5.41, 5.74) is 4.94. The third-order valence-electron chi connectivity index (χ3n) is 2.12. The Labute approximate surface area is 95.5 Å². The van der Waals surface area contributed by atoms with Crippen LogP contribution in [-0.4, -0.2) is 19.9 Å². The van der Waals surface area contributed by atoms with Crippen molar-refractivity contribution in [3.63, 3.8) is 0 Å². The Kier molecular flexibility index (Phi) is 4.87. The standard InChI is InChI=1S/C12H15N3O/c1-10-8-12(16-2)5-4-11(10)9-15-14-7-3-6-13/h4-5,8-9,14H,3,7H2,1-2H3/b15-9-. The van der Waals surface area contributed by atoms with Crippen LogP contribution >= 0.6 is 0 Å². The minimum absolute atomic E-state index is 0.457. The molecule has 1 aromatic rings. The highest BCUT2D eigenvalue weighted by Gasteiger charge is 1.97. The largest absolute Gasteiger partial charge is 0.497 e. The maximum absolute atomic E-state index is 8.33. The van der Waals surface area contributed by atoms with Crippen LogP contribution < -0.4 is 10.2 Å². The topological polar surface area (TPSA) is 57.4 Å². The zero-order chi connectivity index (χ0) is 11.8. The molecule has 0 atom stereocenters. The molecule has 0 unspecified atom stereocenters. The van der Waals surface area contributed by atoms with Gasteiger partial charge >= 0.3 is 0 Å². The van der Waals surface area contributed by atoms with Crippen LogP contribution in [0.5, 0.6) is 5.75 Å². The van der Waals surface area contributed by atoms with Crippen molar-refractivity contribution in [3.05, 3.63) is 29.3 Å². The second kappa shape index (κ2) is 6.46. The molecular formula is C12H15N3O. The predicted octanol–water partition coefficient (Wildman–Crippen LogP) is 1.84. The van der Waals surface area contributed by atoms with E-state index < -0.39 is 0 Å². The normalized spacial score (nSPS) is 10.1. The second-order valence-electron chi connectivity index (χ2n) is 3.30. The van der Waals surface area contributed by atoms with Crippen LogP contribution in [0.2, 0.25) is 0 Å². The molecule has 0 aliphatic carbocycles. The molecule has 0 fully saturated rings. The highest BCUT2D eigenvalue weighted by molar-refractivity contribution is 5.81. The van der Waals surface area contributed by atoms with Crippen molar-refractivity contribution < 1.29 is 4.74 Å². The van der Waals surface area contributed by atoms with Gasteiger partial charge in [0, 0.05) is 6.54 Å². The van der Waals surface area contributed by atoms with Gasteiger partial charge in [-0.3, -0.25) is 0 Å². The Hall–Kier alpha value is -2.02.